The van der Waals surface area contributed by atoms with Gasteiger partial charge in [0.15, 0.2) is 6.61 Å². The van der Waals surface area contributed by atoms with Crippen LogP contribution in [0.25, 0.3) is 6.08 Å². The molecule has 1 N–H and O–H groups in total. The van der Waals surface area contributed by atoms with Crippen LogP contribution in [0.15, 0.2) is 48.5 Å². The maximum absolute atomic E-state index is 12.1. The SMILES string of the molecule is CCOc1ccccc1/C=C/C(=O)OCC(=O)Nc1c(C)cccc1CC. The van der Waals surface area contributed by atoms with E-state index in [4.69, 9.17) is 9.47 Å². The number of rotatable bonds is 8. The van der Waals surface area contributed by atoms with Crippen LogP contribution in [0.1, 0.15) is 30.5 Å². The van der Waals surface area contributed by atoms with Crippen LogP contribution in [0, 0.1) is 6.92 Å². The molecule has 0 saturated carbocycles. The zero-order valence-corrected chi connectivity index (χ0v) is 16.0. The van der Waals surface area contributed by atoms with Crippen molar-refractivity contribution in [1.82, 2.24) is 0 Å². The number of para-hydroxylation sites is 2. The Bertz CT molecular complexity index is 827. The third kappa shape index (κ3) is 5.99. The molecule has 0 aliphatic heterocycles. The Balaban J connectivity index is 1.91. The van der Waals surface area contributed by atoms with Gasteiger partial charge in [0.05, 0.1) is 6.61 Å². The third-order valence-electron chi connectivity index (χ3n) is 3.97. The molecule has 0 spiro atoms. The second-order valence-corrected chi connectivity index (χ2v) is 5.92. The zero-order chi connectivity index (χ0) is 19.6. The molecule has 0 aliphatic rings. The minimum absolute atomic E-state index is 0.340. The number of amides is 1. The average Bonchev–Trinajstić information content (AvgIpc) is 2.67. The molecule has 0 unspecified atom stereocenters. The summed E-state index contributed by atoms with van der Waals surface area (Å²) < 4.78 is 10.5. The largest absolute Gasteiger partial charge is 0.493 e. The van der Waals surface area contributed by atoms with Gasteiger partial charge in [0.1, 0.15) is 5.75 Å². The minimum atomic E-state index is -0.586. The highest BCUT2D eigenvalue weighted by Crippen LogP contribution is 2.21. The lowest BCUT2D eigenvalue weighted by Gasteiger charge is -2.12. The van der Waals surface area contributed by atoms with E-state index in [1.807, 2.05) is 63.2 Å². The molecule has 2 aromatic rings. The number of carbonyl (C=O) groups excluding carboxylic acids is 2. The van der Waals surface area contributed by atoms with Crippen molar-refractivity contribution in [3.05, 3.63) is 65.2 Å². The Morgan fingerprint density at radius 1 is 1.07 bits per heavy atom. The molecule has 0 bridgehead atoms. The number of hydrogen-bond donors (Lipinski definition) is 1. The van der Waals surface area contributed by atoms with Gasteiger partial charge in [-0.05, 0) is 43.5 Å². The van der Waals surface area contributed by atoms with E-state index in [-0.39, 0.29) is 12.5 Å². The lowest BCUT2D eigenvalue weighted by Crippen LogP contribution is -2.21. The summed E-state index contributed by atoms with van der Waals surface area (Å²) in [5, 5.41) is 2.82. The summed E-state index contributed by atoms with van der Waals surface area (Å²) in [7, 11) is 0. The van der Waals surface area contributed by atoms with Crippen LogP contribution in [-0.2, 0) is 20.7 Å². The molecule has 142 valence electrons. The van der Waals surface area contributed by atoms with Gasteiger partial charge in [-0.3, -0.25) is 4.79 Å². The van der Waals surface area contributed by atoms with Gasteiger partial charge in [0.25, 0.3) is 5.91 Å². The predicted octanol–water partition coefficient (Wildman–Crippen LogP) is 4.15. The van der Waals surface area contributed by atoms with Gasteiger partial charge in [-0.25, -0.2) is 4.79 Å². The van der Waals surface area contributed by atoms with E-state index < -0.39 is 5.97 Å². The number of benzene rings is 2. The van der Waals surface area contributed by atoms with Crippen molar-refractivity contribution in [3.8, 4) is 5.75 Å². The molecular weight excluding hydrogens is 342 g/mol. The Labute approximate surface area is 160 Å². The van der Waals surface area contributed by atoms with Gasteiger partial charge in [0.2, 0.25) is 0 Å². The maximum Gasteiger partial charge on any atom is 0.331 e. The second-order valence-electron chi connectivity index (χ2n) is 5.92. The highest BCUT2D eigenvalue weighted by Gasteiger charge is 2.10. The van der Waals surface area contributed by atoms with Crippen molar-refractivity contribution in [3.63, 3.8) is 0 Å². The lowest BCUT2D eigenvalue weighted by atomic mass is 10.1. The smallest absolute Gasteiger partial charge is 0.331 e. The number of ether oxygens (including phenoxy) is 2. The first kappa shape index (κ1) is 20.2. The summed E-state index contributed by atoms with van der Waals surface area (Å²) >= 11 is 0. The molecule has 27 heavy (non-hydrogen) atoms. The molecule has 0 heterocycles. The van der Waals surface area contributed by atoms with Gasteiger partial charge < -0.3 is 14.8 Å². The first-order chi connectivity index (χ1) is 13.0. The molecule has 0 saturated heterocycles. The molecule has 0 fully saturated rings. The van der Waals surface area contributed by atoms with E-state index in [9.17, 15) is 9.59 Å². The van der Waals surface area contributed by atoms with Gasteiger partial charge in [-0.15, -0.1) is 0 Å². The van der Waals surface area contributed by atoms with Crippen LogP contribution in [0.2, 0.25) is 0 Å². The monoisotopic (exact) mass is 367 g/mol. The fraction of sp³-hybridized carbons (Fsp3) is 0.273. The molecule has 0 aliphatic carbocycles. The molecule has 1 amide bonds. The van der Waals surface area contributed by atoms with E-state index in [1.54, 1.807) is 6.08 Å². The number of nitrogens with one attached hydrogen (secondary N) is 1. The topological polar surface area (TPSA) is 64.6 Å². The Morgan fingerprint density at radius 3 is 2.59 bits per heavy atom. The summed E-state index contributed by atoms with van der Waals surface area (Å²) in [6.07, 6.45) is 3.71. The van der Waals surface area contributed by atoms with Crippen molar-refractivity contribution in [2.24, 2.45) is 0 Å². The van der Waals surface area contributed by atoms with E-state index in [0.29, 0.717) is 12.4 Å². The van der Waals surface area contributed by atoms with E-state index in [1.165, 1.54) is 6.08 Å². The molecule has 0 atom stereocenters. The second kappa shape index (κ2) is 10.2. The normalized spacial score (nSPS) is 10.6. The zero-order valence-electron chi connectivity index (χ0n) is 16.0. The standard InChI is InChI=1S/C22H25NO4/c1-4-17-11-8-9-16(3)22(17)23-20(24)15-27-21(25)14-13-18-10-6-7-12-19(18)26-5-2/h6-14H,4-5,15H2,1-3H3,(H,23,24)/b14-13+. The number of aryl methyl sites for hydroxylation is 2. The van der Waals surface area contributed by atoms with E-state index >= 15 is 0 Å². The molecule has 2 rings (SSSR count). The first-order valence-corrected chi connectivity index (χ1v) is 9.00. The van der Waals surface area contributed by atoms with Crippen molar-refractivity contribution in [2.75, 3.05) is 18.5 Å². The van der Waals surface area contributed by atoms with Crippen molar-refractivity contribution < 1.29 is 19.1 Å². The molecule has 5 heteroatoms. The summed E-state index contributed by atoms with van der Waals surface area (Å²) in [4.78, 5) is 24.0. The van der Waals surface area contributed by atoms with Crippen molar-refractivity contribution in [2.45, 2.75) is 27.2 Å². The molecule has 0 aromatic heterocycles. The summed E-state index contributed by atoms with van der Waals surface area (Å²) in [5.74, 6) is -0.263. The molecular formula is C22H25NO4. The van der Waals surface area contributed by atoms with Crippen molar-refractivity contribution >= 4 is 23.6 Å². The number of esters is 1. The Morgan fingerprint density at radius 2 is 1.85 bits per heavy atom. The van der Waals surface area contributed by atoms with Gasteiger partial charge in [-0.1, -0.05) is 43.3 Å². The molecule has 2 aromatic carbocycles. The van der Waals surface area contributed by atoms with Crippen LogP contribution < -0.4 is 10.1 Å². The molecule has 0 radical (unpaired) electrons. The van der Waals surface area contributed by atoms with E-state index in [0.717, 1.165) is 28.8 Å². The molecule has 5 nitrogen and oxygen atoms in total. The summed E-state index contributed by atoms with van der Waals surface area (Å²) in [6.45, 7) is 6.04. The predicted molar refractivity (Wildman–Crippen MR) is 107 cm³/mol. The quantitative estimate of drug-likeness (QED) is 0.562. The maximum atomic E-state index is 12.1. The summed E-state index contributed by atoms with van der Waals surface area (Å²) in [5.41, 5.74) is 3.57. The minimum Gasteiger partial charge on any atom is -0.493 e. The van der Waals surface area contributed by atoms with Crippen LogP contribution in [0.5, 0.6) is 5.75 Å². The first-order valence-electron chi connectivity index (χ1n) is 9.00. The van der Waals surface area contributed by atoms with Crippen LogP contribution in [0.3, 0.4) is 0 Å². The average molecular weight is 367 g/mol. The summed E-state index contributed by atoms with van der Waals surface area (Å²) in [6, 6.07) is 13.2. The Hall–Kier alpha value is -3.08. The number of hydrogen-bond acceptors (Lipinski definition) is 4. The number of anilines is 1. The van der Waals surface area contributed by atoms with Crippen LogP contribution in [-0.4, -0.2) is 25.1 Å². The lowest BCUT2D eigenvalue weighted by molar-refractivity contribution is -0.142. The fourth-order valence-electron chi connectivity index (χ4n) is 2.63. The fourth-order valence-corrected chi connectivity index (χ4v) is 2.63. The highest BCUT2D eigenvalue weighted by atomic mass is 16.5. The van der Waals surface area contributed by atoms with Gasteiger partial charge in [-0.2, -0.15) is 0 Å². The number of carbonyl (C=O) groups is 2. The highest BCUT2D eigenvalue weighted by molar-refractivity contribution is 5.95. The van der Waals surface area contributed by atoms with Crippen LogP contribution in [0.4, 0.5) is 5.69 Å². The van der Waals surface area contributed by atoms with Crippen molar-refractivity contribution in [1.29, 1.82) is 0 Å². The van der Waals surface area contributed by atoms with Crippen LogP contribution >= 0.6 is 0 Å². The van der Waals surface area contributed by atoms with E-state index in [2.05, 4.69) is 5.32 Å². The Kier molecular flexibility index (Phi) is 7.62. The van der Waals surface area contributed by atoms with Gasteiger partial charge >= 0.3 is 5.97 Å². The third-order valence-corrected chi connectivity index (χ3v) is 3.97. The van der Waals surface area contributed by atoms with Gasteiger partial charge in [0, 0.05) is 17.3 Å².